The Morgan fingerprint density at radius 1 is 1.25 bits per heavy atom. The smallest absolute Gasteiger partial charge is 0.291 e. The average Bonchev–Trinajstić information content (AvgIpc) is 2.99. The van der Waals surface area contributed by atoms with E-state index in [4.69, 9.17) is 4.74 Å². The van der Waals surface area contributed by atoms with Crippen LogP contribution in [-0.4, -0.2) is 39.1 Å². The Labute approximate surface area is 139 Å². The number of ether oxygens (including phenoxy) is 1. The van der Waals surface area contributed by atoms with Gasteiger partial charge in [-0.2, -0.15) is 4.98 Å². The Balaban J connectivity index is 1.68. The summed E-state index contributed by atoms with van der Waals surface area (Å²) in [5.41, 5.74) is 2.77. The molecule has 0 aliphatic heterocycles. The van der Waals surface area contributed by atoms with E-state index in [-0.39, 0.29) is 11.7 Å². The van der Waals surface area contributed by atoms with E-state index >= 15 is 0 Å². The van der Waals surface area contributed by atoms with E-state index in [2.05, 4.69) is 20.4 Å². The fraction of sp³-hybridized carbons (Fsp3) is 0.294. The lowest BCUT2D eigenvalue weighted by atomic mass is 10.1. The highest BCUT2D eigenvalue weighted by Gasteiger charge is 2.14. The lowest BCUT2D eigenvalue weighted by Gasteiger charge is -2.08. The quantitative estimate of drug-likeness (QED) is 0.772. The minimum atomic E-state index is -0.313. The summed E-state index contributed by atoms with van der Waals surface area (Å²) in [5, 5.41) is 7.05. The lowest BCUT2D eigenvalue weighted by Crippen LogP contribution is -2.27. The number of aromatic nitrogens is 4. The zero-order chi connectivity index (χ0) is 17.1. The second kappa shape index (κ2) is 6.66. The molecule has 2 heterocycles. The van der Waals surface area contributed by atoms with Gasteiger partial charge < -0.3 is 10.1 Å². The van der Waals surface area contributed by atoms with Gasteiger partial charge in [0.25, 0.3) is 11.7 Å². The van der Waals surface area contributed by atoms with Crippen LogP contribution < -0.4 is 10.1 Å². The molecular weight excluding hydrogens is 306 g/mol. The molecule has 0 aliphatic carbocycles. The van der Waals surface area contributed by atoms with Gasteiger partial charge >= 0.3 is 0 Å². The average molecular weight is 325 g/mol. The van der Waals surface area contributed by atoms with E-state index in [1.54, 1.807) is 11.6 Å². The van der Waals surface area contributed by atoms with Crippen LogP contribution in [0.4, 0.5) is 0 Å². The molecule has 1 amide bonds. The number of carbonyl (C=O) groups is 1. The Hall–Kier alpha value is -2.96. The van der Waals surface area contributed by atoms with Crippen molar-refractivity contribution in [1.82, 2.24) is 24.9 Å². The third-order valence-corrected chi connectivity index (χ3v) is 3.69. The molecule has 0 fully saturated rings. The molecule has 2 aromatic heterocycles. The van der Waals surface area contributed by atoms with Gasteiger partial charge in [0.2, 0.25) is 5.82 Å². The fourth-order valence-electron chi connectivity index (χ4n) is 2.56. The second-order valence-electron chi connectivity index (χ2n) is 5.50. The van der Waals surface area contributed by atoms with Crippen LogP contribution in [0, 0.1) is 13.8 Å². The number of carbonyl (C=O) groups excluding carboxylic acids is 1. The van der Waals surface area contributed by atoms with Crippen molar-refractivity contribution in [3.05, 3.63) is 53.1 Å². The summed E-state index contributed by atoms with van der Waals surface area (Å²) < 4.78 is 6.87. The zero-order valence-corrected chi connectivity index (χ0v) is 13.9. The summed E-state index contributed by atoms with van der Waals surface area (Å²) in [6.07, 6.45) is 0.666. The first-order valence-corrected chi connectivity index (χ1v) is 7.69. The SMILES string of the molecule is COc1ccccc1CCNC(=O)c1nc2nc(C)cc(C)n2n1. The molecule has 1 N–H and O–H groups in total. The minimum absolute atomic E-state index is 0.122. The predicted octanol–water partition coefficient (Wildman–Crippen LogP) is 1.72. The number of hydrogen-bond donors (Lipinski definition) is 1. The molecule has 0 bridgehead atoms. The number of para-hydroxylation sites is 1. The molecule has 0 saturated carbocycles. The van der Waals surface area contributed by atoms with Crippen molar-refractivity contribution in [2.75, 3.05) is 13.7 Å². The largest absolute Gasteiger partial charge is 0.496 e. The first-order valence-electron chi connectivity index (χ1n) is 7.69. The molecule has 0 atom stereocenters. The van der Waals surface area contributed by atoms with E-state index in [1.165, 1.54) is 0 Å². The Kier molecular flexibility index (Phi) is 4.41. The van der Waals surface area contributed by atoms with Gasteiger partial charge in [-0.15, -0.1) is 5.10 Å². The molecule has 0 radical (unpaired) electrons. The standard InChI is InChI=1S/C17H19N5O2/c1-11-10-12(2)22-17(19-11)20-15(21-22)16(23)18-9-8-13-6-4-5-7-14(13)24-3/h4-7,10H,8-9H2,1-3H3,(H,18,23). The Morgan fingerprint density at radius 2 is 2.04 bits per heavy atom. The molecule has 7 heteroatoms. The molecule has 0 saturated heterocycles. The monoisotopic (exact) mass is 325 g/mol. The highest BCUT2D eigenvalue weighted by atomic mass is 16.5. The summed E-state index contributed by atoms with van der Waals surface area (Å²) >= 11 is 0. The molecule has 3 rings (SSSR count). The lowest BCUT2D eigenvalue weighted by molar-refractivity contribution is 0.0944. The summed E-state index contributed by atoms with van der Waals surface area (Å²) in [6.45, 7) is 4.26. The third-order valence-electron chi connectivity index (χ3n) is 3.69. The normalized spacial score (nSPS) is 10.8. The maximum atomic E-state index is 12.2. The van der Waals surface area contributed by atoms with Crippen LogP contribution in [0.1, 0.15) is 27.6 Å². The topological polar surface area (TPSA) is 81.4 Å². The van der Waals surface area contributed by atoms with Gasteiger partial charge in [0, 0.05) is 17.9 Å². The highest BCUT2D eigenvalue weighted by molar-refractivity contribution is 5.90. The van der Waals surface area contributed by atoms with Gasteiger partial charge in [-0.3, -0.25) is 4.79 Å². The molecular formula is C17H19N5O2. The number of benzene rings is 1. The van der Waals surface area contributed by atoms with Crippen LogP contribution in [-0.2, 0) is 6.42 Å². The molecule has 3 aromatic rings. The molecule has 0 aliphatic rings. The Morgan fingerprint density at radius 3 is 2.83 bits per heavy atom. The summed E-state index contributed by atoms with van der Waals surface area (Å²) in [7, 11) is 1.63. The van der Waals surface area contributed by atoms with Crippen LogP contribution >= 0.6 is 0 Å². The minimum Gasteiger partial charge on any atom is -0.496 e. The second-order valence-corrected chi connectivity index (χ2v) is 5.50. The zero-order valence-electron chi connectivity index (χ0n) is 13.9. The number of hydrogen-bond acceptors (Lipinski definition) is 5. The van der Waals surface area contributed by atoms with Crippen molar-refractivity contribution in [2.45, 2.75) is 20.3 Å². The van der Waals surface area contributed by atoms with Crippen LogP contribution in [0.5, 0.6) is 5.75 Å². The number of amides is 1. The van der Waals surface area contributed by atoms with Crippen molar-refractivity contribution in [1.29, 1.82) is 0 Å². The van der Waals surface area contributed by atoms with Crippen LogP contribution in [0.3, 0.4) is 0 Å². The number of methoxy groups -OCH3 is 1. The van der Waals surface area contributed by atoms with Gasteiger partial charge in [-0.25, -0.2) is 9.50 Å². The molecule has 0 spiro atoms. The van der Waals surface area contributed by atoms with Gasteiger partial charge in [0.05, 0.1) is 7.11 Å². The highest BCUT2D eigenvalue weighted by Crippen LogP contribution is 2.17. The van der Waals surface area contributed by atoms with Gasteiger partial charge in [-0.05, 0) is 38.0 Å². The summed E-state index contributed by atoms with van der Waals surface area (Å²) in [4.78, 5) is 20.7. The van der Waals surface area contributed by atoms with Crippen LogP contribution in [0.25, 0.3) is 5.78 Å². The number of fused-ring (bicyclic) bond motifs is 1. The van der Waals surface area contributed by atoms with Gasteiger partial charge in [0.1, 0.15) is 5.75 Å². The number of aryl methyl sites for hydroxylation is 2. The Bertz CT molecular complexity index is 888. The van der Waals surface area contributed by atoms with Gasteiger partial charge in [0.15, 0.2) is 0 Å². The molecule has 24 heavy (non-hydrogen) atoms. The maximum absolute atomic E-state index is 12.2. The predicted molar refractivity (Wildman–Crippen MR) is 89.3 cm³/mol. The van der Waals surface area contributed by atoms with Crippen molar-refractivity contribution >= 4 is 11.7 Å². The number of rotatable bonds is 5. The van der Waals surface area contributed by atoms with Crippen molar-refractivity contribution < 1.29 is 9.53 Å². The van der Waals surface area contributed by atoms with E-state index in [0.717, 1.165) is 22.7 Å². The van der Waals surface area contributed by atoms with Crippen molar-refractivity contribution in [3.63, 3.8) is 0 Å². The van der Waals surface area contributed by atoms with Crippen LogP contribution in [0.15, 0.2) is 30.3 Å². The van der Waals surface area contributed by atoms with Gasteiger partial charge in [-0.1, -0.05) is 18.2 Å². The fourth-order valence-corrected chi connectivity index (χ4v) is 2.56. The molecule has 0 unspecified atom stereocenters. The molecule has 1 aromatic carbocycles. The van der Waals surface area contributed by atoms with Crippen LogP contribution in [0.2, 0.25) is 0 Å². The molecule has 124 valence electrons. The van der Waals surface area contributed by atoms with Crippen molar-refractivity contribution in [2.24, 2.45) is 0 Å². The number of nitrogens with one attached hydrogen (secondary N) is 1. The first-order chi connectivity index (χ1) is 11.6. The summed E-state index contributed by atoms with van der Waals surface area (Å²) in [5.74, 6) is 1.05. The number of nitrogens with zero attached hydrogens (tertiary/aromatic N) is 4. The molecule has 7 nitrogen and oxygen atoms in total. The van der Waals surface area contributed by atoms with E-state index in [1.807, 2.05) is 44.2 Å². The first kappa shape index (κ1) is 15.9. The maximum Gasteiger partial charge on any atom is 0.291 e. The van der Waals surface area contributed by atoms with E-state index in [9.17, 15) is 4.79 Å². The van der Waals surface area contributed by atoms with E-state index in [0.29, 0.717) is 18.7 Å². The summed E-state index contributed by atoms with van der Waals surface area (Å²) in [6, 6.07) is 9.63. The van der Waals surface area contributed by atoms with E-state index < -0.39 is 0 Å². The third kappa shape index (κ3) is 3.19. The van der Waals surface area contributed by atoms with Crippen molar-refractivity contribution in [3.8, 4) is 5.75 Å².